The number of benzene rings is 10. The number of hydrogen-bond donors (Lipinski definition) is 0. The maximum atomic E-state index is 6.59. The molecule has 0 aliphatic rings. The summed E-state index contributed by atoms with van der Waals surface area (Å²) in [6.07, 6.45) is 0. The van der Waals surface area contributed by atoms with Gasteiger partial charge in [-0.05, 0) is 109 Å². The van der Waals surface area contributed by atoms with Crippen LogP contribution in [0.1, 0.15) is 0 Å². The van der Waals surface area contributed by atoms with Gasteiger partial charge in [-0.25, -0.2) is 0 Å². The maximum Gasteiger partial charge on any atom is 0.143 e. The zero-order valence-electron chi connectivity index (χ0n) is 34.0. The molecular formula is C60H41NO. The van der Waals surface area contributed by atoms with Crippen molar-refractivity contribution < 1.29 is 4.42 Å². The van der Waals surface area contributed by atoms with Crippen LogP contribution in [0.2, 0.25) is 0 Å². The quantitative estimate of drug-likeness (QED) is 0.145. The third kappa shape index (κ3) is 6.94. The van der Waals surface area contributed by atoms with Crippen LogP contribution in [-0.2, 0) is 0 Å². The van der Waals surface area contributed by atoms with Gasteiger partial charge in [0.15, 0.2) is 0 Å². The fourth-order valence-corrected chi connectivity index (χ4v) is 8.89. The topological polar surface area (TPSA) is 16.4 Å². The second-order valence-corrected chi connectivity index (χ2v) is 15.7. The first kappa shape index (κ1) is 36.8. The Kier molecular flexibility index (Phi) is 9.57. The van der Waals surface area contributed by atoms with E-state index in [2.05, 4.69) is 241 Å². The van der Waals surface area contributed by atoms with Crippen LogP contribution in [0.15, 0.2) is 253 Å². The first-order valence-electron chi connectivity index (χ1n) is 21.2. The van der Waals surface area contributed by atoms with E-state index in [9.17, 15) is 0 Å². The largest absolute Gasteiger partial charge is 0.455 e. The summed E-state index contributed by atoms with van der Waals surface area (Å²) >= 11 is 0. The minimum absolute atomic E-state index is 0.879. The molecule has 0 saturated heterocycles. The molecule has 0 radical (unpaired) electrons. The van der Waals surface area contributed by atoms with Crippen molar-refractivity contribution in [3.63, 3.8) is 0 Å². The number of para-hydroxylation sites is 1. The first-order valence-corrected chi connectivity index (χ1v) is 21.2. The van der Waals surface area contributed by atoms with Gasteiger partial charge in [0, 0.05) is 33.6 Å². The predicted octanol–water partition coefficient (Wildman–Crippen LogP) is 17.1. The highest BCUT2D eigenvalue weighted by atomic mass is 16.3. The van der Waals surface area contributed by atoms with Gasteiger partial charge in [-0.3, -0.25) is 0 Å². The Morgan fingerprint density at radius 1 is 0.274 bits per heavy atom. The Morgan fingerprint density at radius 3 is 1.44 bits per heavy atom. The van der Waals surface area contributed by atoms with Gasteiger partial charge in [-0.15, -0.1) is 0 Å². The highest BCUT2D eigenvalue weighted by molar-refractivity contribution is 6.02. The fourth-order valence-electron chi connectivity index (χ4n) is 8.89. The maximum absolute atomic E-state index is 6.59. The Labute approximate surface area is 362 Å². The molecule has 0 bridgehead atoms. The molecule has 0 fully saturated rings. The van der Waals surface area contributed by atoms with Crippen molar-refractivity contribution in [1.29, 1.82) is 0 Å². The number of hydrogen-bond acceptors (Lipinski definition) is 2. The second kappa shape index (κ2) is 16.1. The Morgan fingerprint density at radius 2 is 0.758 bits per heavy atom. The summed E-state index contributed by atoms with van der Waals surface area (Å²) in [7, 11) is 0. The van der Waals surface area contributed by atoms with Crippen molar-refractivity contribution in [3.05, 3.63) is 249 Å². The van der Waals surface area contributed by atoms with Gasteiger partial charge < -0.3 is 9.32 Å². The van der Waals surface area contributed by atoms with Crippen LogP contribution < -0.4 is 4.90 Å². The lowest BCUT2D eigenvalue weighted by atomic mass is 9.89. The van der Waals surface area contributed by atoms with E-state index in [-0.39, 0.29) is 0 Å². The van der Waals surface area contributed by atoms with Gasteiger partial charge in [0.2, 0.25) is 0 Å². The van der Waals surface area contributed by atoms with Crippen LogP contribution >= 0.6 is 0 Å². The van der Waals surface area contributed by atoms with Crippen LogP contribution in [0.3, 0.4) is 0 Å². The van der Waals surface area contributed by atoms with Crippen molar-refractivity contribution in [2.24, 2.45) is 0 Å². The van der Waals surface area contributed by atoms with Gasteiger partial charge in [-0.1, -0.05) is 200 Å². The number of furan rings is 1. The summed E-state index contributed by atoms with van der Waals surface area (Å²) in [5.41, 5.74) is 16.9. The monoisotopic (exact) mass is 791 g/mol. The lowest BCUT2D eigenvalue weighted by molar-refractivity contribution is 0.632. The van der Waals surface area contributed by atoms with Gasteiger partial charge in [0.25, 0.3) is 0 Å². The molecule has 0 atom stereocenters. The zero-order valence-corrected chi connectivity index (χ0v) is 34.0. The highest BCUT2D eigenvalue weighted by Crippen LogP contribution is 2.44. The van der Waals surface area contributed by atoms with E-state index in [1.807, 2.05) is 12.1 Å². The molecular weight excluding hydrogens is 751 g/mol. The molecule has 292 valence electrons. The van der Waals surface area contributed by atoms with Crippen molar-refractivity contribution in [2.45, 2.75) is 0 Å². The van der Waals surface area contributed by atoms with Crippen LogP contribution in [0.4, 0.5) is 17.1 Å². The molecule has 11 rings (SSSR count). The van der Waals surface area contributed by atoms with Crippen molar-refractivity contribution in [2.75, 3.05) is 4.90 Å². The smallest absolute Gasteiger partial charge is 0.143 e. The van der Waals surface area contributed by atoms with Crippen LogP contribution in [0.25, 0.3) is 88.7 Å². The summed E-state index contributed by atoms with van der Waals surface area (Å²) < 4.78 is 6.59. The third-order valence-electron chi connectivity index (χ3n) is 11.9. The SMILES string of the molecule is c1ccc(-c2ccccc2-c2ccccc2-c2ccc(N(c3ccc(-c4cccc(-c5oc6ccccc6c5-c5ccccc5)c4)cc3)c3ccc4ccccc4c3)cc2)cc1. The fraction of sp³-hybridized carbons (Fsp3) is 0. The zero-order chi connectivity index (χ0) is 41.2. The molecule has 0 unspecified atom stereocenters. The van der Waals surface area contributed by atoms with E-state index in [0.29, 0.717) is 0 Å². The molecule has 0 spiro atoms. The summed E-state index contributed by atoms with van der Waals surface area (Å²) in [6.45, 7) is 0. The molecule has 10 aromatic carbocycles. The normalized spacial score (nSPS) is 11.2. The molecule has 11 aromatic rings. The Bertz CT molecular complexity index is 3330. The van der Waals surface area contributed by atoms with E-state index in [1.165, 1.54) is 44.2 Å². The number of anilines is 3. The van der Waals surface area contributed by atoms with Crippen molar-refractivity contribution in [3.8, 4) is 67.0 Å². The molecule has 1 aromatic heterocycles. The Balaban J connectivity index is 0.964. The van der Waals surface area contributed by atoms with E-state index in [1.54, 1.807) is 0 Å². The summed E-state index contributed by atoms with van der Waals surface area (Å²) in [5, 5.41) is 3.53. The van der Waals surface area contributed by atoms with E-state index in [0.717, 1.165) is 61.6 Å². The first-order chi connectivity index (χ1) is 30.7. The van der Waals surface area contributed by atoms with Crippen LogP contribution in [0, 0.1) is 0 Å². The highest BCUT2D eigenvalue weighted by Gasteiger charge is 2.19. The molecule has 0 saturated carbocycles. The molecule has 2 heteroatoms. The summed E-state index contributed by atoms with van der Waals surface area (Å²) in [5.74, 6) is 0.879. The molecule has 0 aliphatic heterocycles. The van der Waals surface area contributed by atoms with Gasteiger partial charge in [0.1, 0.15) is 11.3 Å². The third-order valence-corrected chi connectivity index (χ3v) is 11.9. The van der Waals surface area contributed by atoms with Gasteiger partial charge >= 0.3 is 0 Å². The Hall–Kier alpha value is -8.20. The molecule has 2 nitrogen and oxygen atoms in total. The number of nitrogens with zero attached hydrogens (tertiary/aromatic N) is 1. The van der Waals surface area contributed by atoms with E-state index < -0.39 is 0 Å². The van der Waals surface area contributed by atoms with E-state index >= 15 is 0 Å². The average molecular weight is 792 g/mol. The van der Waals surface area contributed by atoms with Crippen LogP contribution in [0.5, 0.6) is 0 Å². The van der Waals surface area contributed by atoms with Crippen molar-refractivity contribution in [1.82, 2.24) is 0 Å². The lowest BCUT2D eigenvalue weighted by Crippen LogP contribution is -2.09. The standard InChI is InChI=1S/C60H41NO/c1-3-17-44(18-4-1)53-24-9-11-26-55(53)56-27-12-10-25-54(56)45-33-37-51(38-34-45)61(52-39-32-42-16-7-8-21-48(42)41-52)50-35-30-43(31-36-50)47-22-15-23-49(40-47)60-59(46-19-5-2-6-20-46)57-28-13-14-29-58(57)62-60/h1-41H. The molecule has 0 aliphatic carbocycles. The molecule has 62 heavy (non-hydrogen) atoms. The molecule has 0 amide bonds. The lowest BCUT2D eigenvalue weighted by Gasteiger charge is -2.26. The van der Waals surface area contributed by atoms with Crippen LogP contribution in [-0.4, -0.2) is 0 Å². The predicted molar refractivity (Wildman–Crippen MR) is 261 cm³/mol. The average Bonchev–Trinajstić information content (AvgIpc) is 3.75. The van der Waals surface area contributed by atoms with Gasteiger partial charge in [-0.2, -0.15) is 0 Å². The molecule has 0 N–H and O–H groups in total. The summed E-state index contributed by atoms with van der Waals surface area (Å²) in [6, 6.07) is 88.9. The number of fused-ring (bicyclic) bond motifs is 2. The van der Waals surface area contributed by atoms with E-state index in [4.69, 9.17) is 4.42 Å². The molecule has 1 heterocycles. The van der Waals surface area contributed by atoms with Crippen molar-refractivity contribution >= 4 is 38.8 Å². The minimum atomic E-state index is 0.879. The van der Waals surface area contributed by atoms with Gasteiger partial charge in [0.05, 0.1) is 0 Å². The summed E-state index contributed by atoms with van der Waals surface area (Å²) in [4.78, 5) is 2.35. The minimum Gasteiger partial charge on any atom is -0.455 e. The second-order valence-electron chi connectivity index (χ2n) is 15.7. The number of rotatable bonds is 9.